The summed E-state index contributed by atoms with van der Waals surface area (Å²) >= 11 is 0. The fraction of sp³-hybridized carbons (Fsp3) is 0. The predicted octanol–water partition coefficient (Wildman–Crippen LogP) is 3.83. The van der Waals surface area contributed by atoms with Crippen molar-refractivity contribution in [1.29, 1.82) is 0 Å². The first-order chi connectivity index (χ1) is 14.0. The summed E-state index contributed by atoms with van der Waals surface area (Å²) in [5.74, 6) is -0.509. The van der Waals surface area contributed by atoms with Crippen molar-refractivity contribution < 1.29 is 24.0 Å². The Hall–Kier alpha value is -4.33. The number of esters is 1. The molecule has 2 heterocycles. The molecule has 1 aliphatic heterocycles. The van der Waals surface area contributed by atoms with E-state index in [0.29, 0.717) is 11.1 Å². The van der Waals surface area contributed by atoms with Gasteiger partial charge in [-0.05, 0) is 35.9 Å². The molecule has 0 bridgehead atoms. The lowest BCUT2D eigenvalue weighted by molar-refractivity contribution is -0.384. The maximum Gasteiger partial charge on any atom is 0.343 e. The van der Waals surface area contributed by atoms with Gasteiger partial charge in [0, 0.05) is 30.6 Å². The summed E-state index contributed by atoms with van der Waals surface area (Å²) in [6.45, 7) is 0. The first-order valence-electron chi connectivity index (χ1n) is 8.46. The molecule has 1 aromatic heterocycles. The smallest absolute Gasteiger partial charge is 0.343 e. The number of hydrogen-bond acceptors (Lipinski definition) is 7. The van der Waals surface area contributed by atoms with Gasteiger partial charge in [0.05, 0.1) is 16.1 Å². The third-order valence-electron chi connectivity index (χ3n) is 4.13. The number of nitrogens with zero attached hydrogens (tertiary/aromatic N) is 2. The minimum atomic E-state index is -0.760. The summed E-state index contributed by atoms with van der Waals surface area (Å²) < 4.78 is 10.9. The zero-order valence-electron chi connectivity index (χ0n) is 14.8. The van der Waals surface area contributed by atoms with E-state index in [0.717, 1.165) is 6.07 Å². The highest BCUT2D eigenvalue weighted by atomic mass is 16.6. The Morgan fingerprint density at radius 1 is 1.14 bits per heavy atom. The number of rotatable bonds is 4. The van der Waals surface area contributed by atoms with Gasteiger partial charge in [-0.3, -0.25) is 19.9 Å². The molecule has 3 aromatic rings. The Balaban J connectivity index is 1.55. The number of nitro groups is 1. The van der Waals surface area contributed by atoms with E-state index in [9.17, 15) is 19.7 Å². The van der Waals surface area contributed by atoms with Crippen LogP contribution in [0.4, 0.5) is 5.69 Å². The van der Waals surface area contributed by atoms with E-state index in [2.05, 4.69) is 4.98 Å². The topological polar surface area (TPSA) is 109 Å². The molecule has 0 amide bonds. The molecule has 142 valence electrons. The number of carbonyl (C=O) groups excluding carboxylic acids is 2. The summed E-state index contributed by atoms with van der Waals surface area (Å²) in [4.78, 5) is 39.0. The third kappa shape index (κ3) is 3.72. The van der Waals surface area contributed by atoms with Gasteiger partial charge in [-0.1, -0.05) is 12.1 Å². The molecule has 4 rings (SSSR count). The maximum absolute atomic E-state index is 12.5. The van der Waals surface area contributed by atoms with Crippen LogP contribution in [0.3, 0.4) is 0 Å². The Morgan fingerprint density at radius 3 is 2.76 bits per heavy atom. The van der Waals surface area contributed by atoms with E-state index in [1.54, 1.807) is 30.6 Å². The predicted molar refractivity (Wildman–Crippen MR) is 102 cm³/mol. The van der Waals surface area contributed by atoms with Crippen LogP contribution < -0.4 is 9.47 Å². The van der Waals surface area contributed by atoms with Gasteiger partial charge < -0.3 is 9.47 Å². The summed E-state index contributed by atoms with van der Waals surface area (Å²) in [6, 6.07) is 13.1. The summed E-state index contributed by atoms with van der Waals surface area (Å²) in [7, 11) is 0. The standard InChI is InChI=1S/C21H12N2O6/c24-20-17-7-6-16(28-21(25)14-4-1-5-15(10-14)23(26)27)11-18(17)29-19(20)9-13-3-2-8-22-12-13/h1-12H. The molecule has 0 saturated heterocycles. The average Bonchev–Trinajstić information content (AvgIpc) is 3.03. The van der Waals surface area contributed by atoms with E-state index in [1.165, 1.54) is 36.4 Å². The van der Waals surface area contributed by atoms with Crippen LogP contribution in [0.1, 0.15) is 26.3 Å². The number of Topliss-reactive ketones (excluding diaryl/α,β-unsaturated/α-hetero) is 1. The molecule has 0 spiro atoms. The van der Waals surface area contributed by atoms with Crippen molar-refractivity contribution in [2.75, 3.05) is 0 Å². The Labute approximate surface area is 164 Å². The van der Waals surface area contributed by atoms with Crippen LogP contribution in [0.15, 0.2) is 72.8 Å². The summed E-state index contributed by atoms with van der Waals surface area (Å²) in [5.41, 5.74) is 0.873. The van der Waals surface area contributed by atoms with Gasteiger partial charge >= 0.3 is 5.97 Å². The Kier molecular flexibility index (Phi) is 4.58. The van der Waals surface area contributed by atoms with Gasteiger partial charge in [0.15, 0.2) is 5.76 Å². The van der Waals surface area contributed by atoms with Crippen molar-refractivity contribution in [3.8, 4) is 11.5 Å². The lowest BCUT2D eigenvalue weighted by Gasteiger charge is -2.05. The number of nitro benzene ring substituents is 1. The van der Waals surface area contributed by atoms with Gasteiger partial charge in [0.1, 0.15) is 11.5 Å². The molecule has 0 atom stereocenters. The number of non-ortho nitro benzene ring substituents is 1. The SMILES string of the molecule is O=C(Oc1ccc2c(c1)OC(=Cc1cccnc1)C2=O)c1cccc([N+](=O)[O-])c1. The number of hydrogen-bond donors (Lipinski definition) is 0. The fourth-order valence-electron chi connectivity index (χ4n) is 2.76. The molecule has 0 unspecified atom stereocenters. The molecule has 0 saturated carbocycles. The highest BCUT2D eigenvalue weighted by Crippen LogP contribution is 2.35. The molecule has 0 aliphatic carbocycles. The molecule has 29 heavy (non-hydrogen) atoms. The van der Waals surface area contributed by atoms with Crippen LogP contribution in [-0.4, -0.2) is 21.7 Å². The molecule has 0 radical (unpaired) electrons. The molecule has 8 heteroatoms. The van der Waals surface area contributed by atoms with Crippen LogP contribution >= 0.6 is 0 Å². The first kappa shape index (κ1) is 18.1. The summed E-state index contributed by atoms with van der Waals surface area (Å²) in [6.07, 6.45) is 4.79. The molecule has 0 N–H and O–H groups in total. The van der Waals surface area contributed by atoms with E-state index in [-0.39, 0.29) is 34.3 Å². The van der Waals surface area contributed by atoms with Crippen LogP contribution in [0.2, 0.25) is 0 Å². The van der Waals surface area contributed by atoms with Crippen LogP contribution in [0.25, 0.3) is 6.08 Å². The van der Waals surface area contributed by atoms with Crippen molar-refractivity contribution in [2.24, 2.45) is 0 Å². The monoisotopic (exact) mass is 388 g/mol. The average molecular weight is 388 g/mol. The minimum Gasteiger partial charge on any atom is -0.452 e. The largest absolute Gasteiger partial charge is 0.452 e. The van der Waals surface area contributed by atoms with Crippen molar-refractivity contribution in [3.63, 3.8) is 0 Å². The van der Waals surface area contributed by atoms with Crippen LogP contribution in [-0.2, 0) is 0 Å². The molecular formula is C21H12N2O6. The number of ketones is 1. The van der Waals surface area contributed by atoms with Gasteiger partial charge in [-0.25, -0.2) is 4.79 Å². The number of pyridine rings is 1. The number of fused-ring (bicyclic) bond motifs is 1. The van der Waals surface area contributed by atoms with E-state index in [1.807, 2.05) is 0 Å². The first-order valence-corrected chi connectivity index (χ1v) is 8.46. The zero-order valence-corrected chi connectivity index (χ0v) is 14.8. The van der Waals surface area contributed by atoms with E-state index >= 15 is 0 Å². The summed E-state index contributed by atoms with van der Waals surface area (Å²) in [5, 5.41) is 10.9. The van der Waals surface area contributed by atoms with Crippen LogP contribution in [0, 0.1) is 10.1 Å². The Morgan fingerprint density at radius 2 is 2.00 bits per heavy atom. The molecule has 0 fully saturated rings. The number of aromatic nitrogens is 1. The van der Waals surface area contributed by atoms with Gasteiger partial charge in [0.2, 0.25) is 5.78 Å². The van der Waals surface area contributed by atoms with Gasteiger partial charge in [-0.2, -0.15) is 0 Å². The minimum absolute atomic E-state index is 0.0360. The lowest BCUT2D eigenvalue weighted by Crippen LogP contribution is -2.08. The third-order valence-corrected chi connectivity index (χ3v) is 4.13. The zero-order chi connectivity index (χ0) is 20.4. The fourth-order valence-corrected chi connectivity index (χ4v) is 2.76. The molecule has 8 nitrogen and oxygen atoms in total. The quantitative estimate of drug-likeness (QED) is 0.220. The van der Waals surface area contributed by atoms with E-state index < -0.39 is 10.9 Å². The van der Waals surface area contributed by atoms with Crippen molar-refractivity contribution in [2.45, 2.75) is 0 Å². The highest BCUT2D eigenvalue weighted by molar-refractivity contribution is 6.14. The van der Waals surface area contributed by atoms with E-state index in [4.69, 9.17) is 9.47 Å². The molecule has 1 aliphatic rings. The molecule has 2 aromatic carbocycles. The number of allylic oxidation sites excluding steroid dienone is 1. The van der Waals surface area contributed by atoms with Gasteiger partial charge in [0.25, 0.3) is 5.69 Å². The maximum atomic E-state index is 12.5. The second-order valence-electron chi connectivity index (χ2n) is 6.08. The highest BCUT2D eigenvalue weighted by Gasteiger charge is 2.28. The van der Waals surface area contributed by atoms with Crippen LogP contribution in [0.5, 0.6) is 11.5 Å². The van der Waals surface area contributed by atoms with Crippen molar-refractivity contribution in [1.82, 2.24) is 4.98 Å². The second-order valence-corrected chi connectivity index (χ2v) is 6.08. The Bertz CT molecular complexity index is 1170. The lowest BCUT2D eigenvalue weighted by atomic mass is 10.1. The van der Waals surface area contributed by atoms with Crippen molar-refractivity contribution in [3.05, 3.63) is 99.6 Å². The van der Waals surface area contributed by atoms with Crippen molar-refractivity contribution >= 4 is 23.5 Å². The normalized spacial score (nSPS) is 13.7. The number of ether oxygens (including phenoxy) is 2. The second kappa shape index (κ2) is 7.35. The number of benzene rings is 2. The number of carbonyl (C=O) groups is 2. The van der Waals surface area contributed by atoms with Gasteiger partial charge in [-0.15, -0.1) is 0 Å². The molecular weight excluding hydrogens is 376 g/mol.